The molecule has 0 aromatic heterocycles. The minimum Gasteiger partial charge on any atom is -0.491 e. The van der Waals surface area contributed by atoms with E-state index in [1.165, 1.54) is 0 Å². The number of carbonyl (C=O) groups is 2. The first-order chi connectivity index (χ1) is 15.2. The van der Waals surface area contributed by atoms with Gasteiger partial charge in [0.25, 0.3) is 11.8 Å². The lowest BCUT2D eigenvalue weighted by Crippen LogP contribution is -2.41. The van der Waals surface area contributed by atoms with Gasteiger partial charge in [0.15, 0.2) is 0 Å². The van der Waals surface area contributed by atoms with Gasteiger partial charge in [0.05, 0.1) is 12.2 Å². The smallest absolute Gasteiger partial charge is 0.273 e. The number of hydrazine groups is 1. The van der Waals surface area contributed by atoms with Gasteiger partial charge in [0.2, 0.25) is 0 Å². The van der Waals surface area contributed by atoms with E-state index in [1.54, 1.807) is 55.6 Å². The van der Waals surface area contributed by atoms with Crippen LogP contribution < -0.4 is 20.3 Å². The molecule has 0 fully saturated rings. The largest absolute Gasteiger partial charge is 0.491 e. The molecule has 7 heteroatoms. The molecule has 0 saturated heterocycles. The Bertz CT molecular complexity index is 990. The SMILES string of the molecule is COCCOc1ccc(C(=O)NNC(=O)c2ccccc2OCc2ccccc2)cc1. The molecule has 0 aliphatic rings. The Kier molecular flexibility index (Phi) is 8.02. The Morgan fingerprint density at radius 1 is 0.742 bits per heavy atom. The maximum atomic E-state index is 12.6. The number of rotatable bonds is 9. The predicted octanol–water partition coefficient (Wildman–Crippen LogP) is 3.37. The molecule has 0 bridgehead atoms. The van der Waals surface area contributed by atoms with E-state index in [4.69, 9.17) is 14.2 Å². The van der Waals surface area contributed by atoms with Crippen molar-refractivity contribution >= 4 is 11.8 Å². The Labute approximate surface area is 180 Å². The van der Waals surface area contributed by atoms with Crippen molar-refractivity contribution in [3.63, 3.8) is 0 Å². The lowest BCUT2D eigenvalue weighted by molar-refractivity contribution is 0.0844. The zero-order valence-electron chi connectivity index (χ0n) is 17.2. The molecule has 0 spiro atoms. The zero-order chi connectivity index (χ0) is 21.9. The van der Waals surface area contributed by atoms with Crippen molar-refractivity contribution in [1.29, 1.82) is 0 Å². The van der Waals surface area contributed by atoms with E-state index in [9.17, 15) is 9.59 Å². The molecule has 160 valence electrons. The van der Waals surface area contributed by atoms with Gasteiger partial charge in [0.1, 0.15) is 24.7 Å². The van der Waals surface area contributed by atoms with Gasteiger partial charge in [-0.05, 0) is 42.0 Å². The first kappa shape index (κ1) is 21.9. The van der Waals surface area contributed by atoms with E-state index >= 15 is 0 Å². The van der Waals surface area contributed by atoms with E-state index in [0.717, 1.165) is 5.56 Å². The molecule has 0 aliphatic carbocycles. The third-order valence-electron chi connectivity index (χ3n) is 4.33. The number of amides is 2. The number of ether oxygens (including phenoxy) is 3. The van der Waals surface area contributed by atoms with E-state index in [1.807, 2.05) is 30.3 Å². The summed E-state index contributed by atoms with van der Waals surface area (Å²) in [6.45, 7) is 1.23. The van der Waals surface area contributed by atoms with Gasteiger partial charge < -0.3 is 14.2 Å². The van der Waals surface area contributed by atoms with Crippen LogP contribution in [0.1, 0.15) is 26.3 Å². The fourth-order valence-corrected chi connectivity index (χ4v) is 2.71. The number of para-hydroxylation sites is 1. The van der Waals surface area contributed by atoms with Crippen molar-refractivity contribution in [2.45, 2.75) is 6.61 Å². The standard InChI is InChI=1S/C24H24N2O5/c1-29-15-16-30-20-13-11-19(12-14-20)23(27)25-26-24(28)21-9-5-6-10-22(21)31-17-18-7-3-2-4-8-18/h2-14H,15-17H2,1H3,(H,25,27)(H,26,28). The number of carbonyl (C=O) groups excluding carboxylic acids is 2. The maximum Gasteiger partial charge on any atom is 0.273 e. The molecule has 0 aliphatic heterocycles. The van der Waals surface area contributed by atoms with Crippen LogP contribution in [-0.2, 0) is 11.3 Å². The molecule has 2 N–H and O–H groups in total. The van der Waals surface area contributed by atoms with Gasteiger partial charge in [-0.2, -0.15) is 0 Å². The molecule has 0 unspecified atom stereocenters. The van der Waals surface area contributed by atoms with Crippen LogP contribution in [0.2, 0.25) is 0 Å². The molecule has 0 heterocycles. The average molecular weight is 420 g/mol. The molecule has 3 aromatic rings. The minimum atomic E-state index is -0.475. The Hall–Kier alpha value is -3.84. The Morgan fingerprint density at radius 2 is 1.42 bits per heavy atom. The summed E-state index contributed by atoms with van der Waals surface area (Å²) in [6, 6.07) is 23.1. The molecule has 0 saturated carbocycles. The Balaban J connectivity index is 1.55. The second-order valence-corrected chi connectivity index (χ2v) is 6.54. The lowest BCUT2D eigenvalue weighted by atomic mass is 10.2. The number of hydrogen-bond acceptors (Lipinski definition) is 5. The van der Waals surface area contributed by atoms with Gasteiger partial charge in [0, 0.05) is 12.7 Å². The molecule has 0 atom stereocenters. The summed E-state index contributed by atoms with van der Waals surface area (Å²) in [5, 5.41) is 0. The van der Waals surface area contributed by atoms with Crippen LogP contribution in [0.4, 0.5) is 0 Å². The predicted molar refractivity (Wildman–Crippen MR) is 116 cm³/mol. The maximum absolute atomic E-state index is 12.6. The van der Waals surface area contributed by atoms with Crippen LogP contribution >= 0.6 is 0 Å². The van der Waals surface area contributed by atoms with Gasteiger partial charge in [-0.1, -0.05) is 42.5 Å². The first-order valence-corrected chi connectivity index (χ1v) is 9.75. The van der Waals surface area contributed by atoms with Crippen molar-refractivity contribution < 1.29 is 23.8 Å². The summed E-state index contributed by atoms with van der Waals surface area (Å²) >= 11 is 0. The zero-order valence-corrected chi connectivity index (χ0v) is 17.2. The highest BCUT2D eigenvalue weighted by atomic mass is 16.5. The summed E-state index contributed by atoms with van der Waals surface area (Å²) in [5.74, 6) is 0.133. The van der Waals surface area contributed by atoms with E-state index in [2.05, 4.69) is 10.9 Å². The second kappa shape index (κ2) is 11.4. The van der Waals surface area contributed by atoms with Crippen LogP contribution in [-0.4, -0.2) is 32.1 Å². The highest BCUT2D eigenvalue weighted by Gasteiger charge is 2.14. The van der Waals surface area contributed by atoms with Gasteiger partial charge in [-0.15, -0.1) is 0 Å². The van der Waals surface area contributed by atoms with Crippen LogP contribution in [0.3, 0.4) is 0 Å². The van der Waals surface area contributed by atoms with Crippen LogP contribution in [0.15, 0.2) is 78.9 Å². The van der Waals surface area contributed by atoms with E-state index < -0.39 is 11.8 Å². The number of hydrogen-bond donors (Lipinski definition) is 2. The molecule has 3 aromatic carbocycles. The van der Waals surface area contributed by atoms with Gasteiger partial charge in [-0.3, -0.25) is 20.4 Å². The molecule has 3 rings (SSSR count). The second-order valence-electron chi connectivity index (χ2n) is 6.54. The molecule has 0 radical (unpaired) electrons. The molecule has 31 heavy (non-hydrogen) atoms. The van der Waals surface area contributed by atoms with Crippen molar-refractivity contribution in [2.24, 2.45) is 0 Å². The molecular weight excluding hydrogens is 396 g/mol. The van der Waals surface area contributed by atoms with Crippen molar-refractivity contribution in [3.8, 4) is 11.5 Å². The molecular formula is C24H24N2O5. The highest BCUT2D eigenvalue weighted by Crippen LogP contribution is 2.19. The monoisotopic (exact) mass is 420 g/mol. The fourth-order valence-electron chi connectivity index (χ4n) is 2.71. The lowest BCUT2D eigenvalue weighted by Gasteiger charge is -2.12. The molecule has 7 nitrogen and oxygen atoms in total. The van der Waals surface area contributed by atoms with E-state index in [-0.39, 0.29) is 0 Å². The van der Waals surface area contributed by atoms with E-state index in [0.29, 0.717) is 42.4 Å². The third-order valence-corrected chi connectivity index (χ3v) is 4.33. The first-order valence-electron chi connectivity index (χ1n) is 9.75. The number of benzene rings is 3. The van der Waals surface area contributed by atoms with Crippen LogP contribution in [0.25, 0.3) is 0 Å². The summed E-state index contributed by atoms with van der Waals surface area (Å²) in [4.78, 5) is 24.9. The van der Waals surface area contributed by atoms with Crippen molar-refractivity contribution in [1.82, 2.24) is 10.9 Å². The number of nitrogens with one attached hydrogen (secondary N) is 2. The van der Waals surface area contributed by atoms with Gasteiger partial charge in [-0.25, -0.2) is 0 Å². The minimum absolute atomic E-state index is 0.320. The summed E-state index contributed by atoms with van der Waals surface area (Å²) in [5.41, 5.74) is 6.53. The summed E-state index contributed by atoms with van der Waals surface area (Å²) in [7, 11) is 1.60. The van der Waals surface area contributed by atoms with Crippen molar-refractivity contribution in [2.75, 3.05) is 20.3 Å². The highest BCUT2D eigenvalue weighted by molar-refractivity contribution is 6.00. The molecule has 2 amide bonds. The third kappa shape index (κ3) is 6.58. The topological polar surface area (TPSA) is 85.9 Å². The summed E-state index contributed by atoms with van der Waals surface area (Å²) < 4.78 is 16.2. The normalized spacial score (nSPS) is 10.2. The quantitative estimate of drug-likeness (QED) is 0.410. The fraction of sp³-hybridized carbons (Fsp3) is 0.167. The Morgan fingerprint density at radius 3 is 2.16 bits per heavy atom. The van der Waals surface area contributed by atoms with Crippen LogP contribution in [0, 0.1) is 0 Å². The average Bonchev–Trinajstić information content (AvgIpc) is 2.82. The van der Waals surface area contributed by atoms with Crippen LogP contribution in [0.5, 0.6) is 11.5 Å². The van der Waals surface area contributed by atoms with Crippen molar-refractivity contribution in [3.05, 3.63) is 95.6 Å². The number of methoxy groups -OCH3 is 1. The summed E-state index contributed by atoms with van der Waals surface area (Å²) in [6.07, 6.45) is 0. The van der Waals surface area contributed by atoms with Gasteiger partial charge >= 0.3 is 0 Å².